The van der Waals surface area contributed by atoms with Crippen LogP contribution in [-0.4, -0.2) is 35.0 Å². The molecule has 4 nitrogen and oxygen atoms in total. The Morgan fingerprint density at radius 1 is 1.10 bits per heavy atom. The second-order valence-corrected chi connectivity index (χ2v) is 7.19. The molecule has 0 saturated heterocycles. The van der Waals surface area contributed by atoms with Crippen molar-refractivity contribution in [3.8, 4) is 0 Å². The molecular weight excluding hydrogens is 256 g/mol. The Morgan fingerprint density at radius 2 is 1.80 bits per heavy atom. The SMILES string of the molecule is C=CC(=O)OCC1CC2CC1C1C3CC(C(O)C3O)C21. The maximum atomic E-state index is 11.2. The number of aliphatic hydroxyl groups excluding tert-OH is 2. The Bertz CT molecular complexity index is 448. The fourth-order valence-corrected chi connectivity index (χ4v) is 6.13. The van der Waals surface area contributed by atoms with E-state index in [1.807, 2.05) is 0 Å². The predicted molar refractivity (Wildman–Crippen MR) is 71.5 cm³/mol. The van der Waals surface area contributed by atoms with E-state index in [2.05, 4.69) is 6.58 Å². The molecule has 9 atom stereocenters. The first-order chi connectivity index (χ1) is 9.61. The number of rotatable bonds is 3. The van der Waals surface area contributed by atoms with Gasteiger partial charge in [-0.25, -0.2) is 4.79 Å². The highest BCUT2D eigenvalue weighted by Gasteiger charge is 2.67. The van der Waals surface area contributed by atoms with E-state index in [1.54, 1.807) is 0 Å². The number of aliphatic hydroxyl groups is 2. The minimum Gasteiger partial charge on any atom is -0.462 e. The van der Waals surface area contributed by atoms with E-state index in [4.69, 9.17) is 4.74 Å². The largest absolute Gasteiger partial charge is 0.462 e. The first-order valence-corrected chi connectivity index (χ1v) is 7.77. The molecule has 4 rings (SSSR count). The van der Waals surface area contributed by atoms with E-state index in [9.17, 15) is 15.0 Å². The van der Waals surface area contributed by atoms with E-state index in [0.717, 1.165) is 12.8 Å². The molecule has 4 saturated carbocycles. The Balaban J connectivity index is 1.48. The van der Waals surface area contributed by atoms with Gasteiger partial charge in [0, 0.05) is 6.08 Å². The van der Waals surface area contributed by atoms with Crippen LogP contribution in [0.2, 0.25) is 0 Å². The van der Waals surface area contributed by atoms with Crippen molar-refractivity contribution in [3.63, 3.8) is 0 Å². The molecule has 20 heavy (non-hydrogen) atoms. The first kappa shape index (κ1) is 12.8. The van der Waals surface area contributed by atoms with Crippen molar-refractivity contribution in [3.05, 3.63) is 12.7 Å². The van der Waals surface area contributed by atoms with Crippen molar-refractivity contribution < 1.29 is 19.7 Å². The van der Waals surface area contributed by atoms with Gasteiger partial charge in [-0.1, -0.05) is 6.58 Å². The summed E-state index contributed by atoms with van der Waals surface area (Å²) < 4.78 is 5.24. The van der Waals surface area contributed by atoms with Crippen LogP contribution in [0.15, 0.2) is 12.7 Å². The van der Waals surface area contributed by atoms with Gasteiger partial charge in [-0.3, -0.25) is 0 Å². The lowest BCUT2D eigenvalue weighted by molar-refractivity contribution is -0.140. The molecule has 4 aliphatic carbocycles. The third-order valence-corrected chi connectivity index (χ3v) is 6.64. The summed E-state index contributed by atoms with van der Waals surface area (Å²) in [5, 5.41) is 20.3. The molecule has 0 aromatic heterocycles. The summed E-state index contributed by atoms with van der Waals surface area (Å²) in [5.41, 5.74) is 0. The van der Waals surface area contributed by atoms with E-state index < -0.39 is 12.2 Å². The summed E-state index contributed by atoms with van der Waals surface area (Å²) in [4.78, 5) is 11.2. The van der Waals surface area contributed by atoms with Gasteiger partial charge in [-0.05, 0) is 60.7 Å². The minimum absolute atomic E-state index is 0.271. The van der Waals surface area contributed by atoms with Crippen LogP contribution >= 0.6 is 0 Å². The van der Waals surface area contributed by atoms with Crippen molar-refractivity contribution in [1.82, 2.24) is 0 Å². The predicted octanol–water partition coefficient (Wildman–Crippen LogP) is 0.975. The lowest BCUT2D eigenvalue weighted by Crippen LogP contribution is -2.46. The van der Waals surface area contributed by atoms with Crippen LogP contribution < -0.4 is 0 Å². The smallest absolute Gasteiger partial charge is 0.330 e. The van der Waals surface area contributed by atoms with Crippen molar-refractivity contribution in [2.45, 2.75) is 31.5 Å². The van der Waals surface area contributed by atoms with Crippen LogP contribution in [0.5, 0.6) is 0 Å². The molecule has 4 aliphatic rings. The zero-order chi connectivity index (χ0) is 14.0. The van der Waals surface area contributed by atoms with Crippen LogP contribution in [0.3, 0.4) is 0 Å². The Hall–Kier alpha value is -0.870. The Kier molecular flexibility index (Phi) is 2.77. The third kappa shape index (κ3) is 1.52. The van der Waals surface area contributed by atoms with Gasteiger partial charge in [0.25, 0.3) is 0 Å². The number of hydrogen-bond acceptors (Lipinski definition) is 4. The van der Waals surface area contributed by atoms with Gasteiger partial charge in [0.15, 0.2) is 0 Å². The summed E-state index contributed by atoms with van der Waals surface area (Å²) in [7, 11) is 0. The van der Waals surface area contributed by atoms with Crippen LogP contribution in [0, 0.1) is 41.4 Å². The molecule has 0 aliphatic heterocycles. The van der Waals surface area contributed by atoms with Gasteiger partial charge < -0.3 is 14.9 Å². The number of ether oxygens (including phenoxy) is 1. The minimum atomic E-state index is -0.531. The Morgan fingerprint density at radius 3 is 2.50 bits per heavy atom. The second kappa shape index (κ2) is 4.31. The number of carbonyl (C=O) groups excluding carboxylic acids is 1. The maximum absolute atomic E-state index is 11.2. The van der Waals surface area contributed by atoms with Crippen LogP contribution in [-0.2, 0) is 9.53 Å². The molecule has 4 bridgehead atoms. The third-order valence-electron chi connectivity index (χ3n) is 6.64. The molecule has 4 heteroatoms. The van der Waals surface area contributed by atoms with E-state index >= 15 is 0 Å². The van der Waals surface area contributed by atoms with Gasteiger partial charge >= 0.3 is 5.97 Å². The molecular formula is C16H22O4. The van der Waals surface area contributed by atoms with Crippen LogP contribution in [0.1, 0.15) is 19.3 Å². The lowest BCUT2D eigenvalue weighted by Gasteiger charge is -2.42. The van der Waals surface area contributed by atoms with Gasteiger partial charge in [-0.15, -0.1) is 0 Å². The molecule has 4 fully saturated rings. The molecule has 0 amide bonds. The van der Waals surface area contributed by atoms with Gasteiger partial charge in [0.2, 0.25) is 0 Å². The summed E-state index contributed by atoms with van der Waals surface area (Å²) in [6.07, 6.45) is 3.48. The standard InChI is InChI=1S/C16H22O4/c1-2-12(17)20-6-8-3-7-4-9(8)14-11-5-10(13(7)14)15(18)16(11)19/h2,7-11,13-16,18-19H,1,3-6H2. The van der Waals surface area contributed by atoms with E-state index in [0.29, 0.717) is 42.1 Å². The monoisotopic (exact) mass is 278 g/mol. The average Bonchev–Trinajstić information content (AvgIpc) is 3.16. The zero-order valence-electron chi connectivity index (χ0n) is 11.5. The normalized spacial score (nSPS) is 55.0. The molecule has 0 aromatic carbocycles. The van der Waals surface area contributed by atoms with Crippen LogP contribution in [0.25, 0.3) is 0 Å². The second-order valence-electron chi connectivity index (χ2n) is 7.19. The van der Waals surface area contributed by atoms with Crippen LogP contribution in [0.4, 0.5) is 0 Å². The number of fused-ring (bicyclic) bond motifs is 9. The average molecular weight is 278 g/mol. The summed E-state index contributed by atoms with van der Waals surface area (Å²) >= 11 is 0. The molecule has 110 valence electrons. The molecule has 0 spiro atoms. The van der Waals surface area contributed by atoms with Gasteiger partial charge in [0.1, 0.15) is 0 Å². The molecule has 9 unspecified atom stereocenters. The van der Waals surface area contributed by atoms with Crippen molar-refractivity contribution in [2.75, 3.05) is 6.61 Å². The van der Waals surface area contributed by atoms with Gasteiger partial charge in [-0.2, -0.15) is 0 Å². The highest BCUT2D eigenvalue weighted by molar-refractivity contribution is 5.81. The van der Waals surface area contributed by atoms with Crippen molar-refractivity contribution >= 4 is 5.97 Å². The summed E-state index contributed by atoms with van der Waals surface area (Å²) in [5.74, 6) is 3.06. The number of hydrogen-bond donors (Lipinski definition) is 2. The van der Waals surface area contributed by atoms with Crippen molar-refractivity contribution in [1.29, 1.82) is 0 Å². The maximum Gasteiger partial charge on any atom is 0.330 e. The number of esters is 1. The van der Waals surface area contributed by atoms with Crippen molar-refractivity contribution in [2.24, 2.45) is 41.4 Å². The quantitative estimate of drug-likeness (QED) is 0.459. The molecule has 2 N–H and O–H groups in total. The van der Waals surface area contributed by atoms with Gasteiger partial charge in [0.05, 0.1) is 18.8 Å². The summed E-state index contributed by atoms with van der Waals surface area (Å²) in [6.45, 7) is 3.91. The first-order valence-electron chi connectivity index (χ1n) is 7.77. The highest BCUT2D eigenvalue weighted by atomic mass is 16.5. The molecule has 0 aromatic rings. The zero-order valence-corrected chi connectivity index (χ0v) is 11.5. The Labute approximate surface area is 118 Å². The molecule has 0 radical (unpaired) electrons. The molecule has 0 heterocycles. The summed E-state index contributed by atoms with van der Waals surface area (Å²) in [6, 6.07) is 0. The fourth-order valence-electron chi connectivity index (χ4n) is 6.13. The topological polar surface area (TPSA) is 66.8 Å². The highest BCUT2D eigenvalue weighted by Crippen LogP contribution is 2.68. The van der Waals surface area contributed by atoms with E-state index in [1.165, 1.54) is 12.5 Å². The lowest BCUT2D eigenvalue weighted by atomic mass is 9.66. The number of carbonyl (C=O) groups is 1. The van der Waals surface area contributed by atoms with E-state index in [-0.39, 0.29) is 11.9 Å². The fraction of sp³-hybridized carbons (Fsp3) is 0.812.